The standard InChI is InChI=1S/C14H25NO3/c1-4-7-11(3)13(16)15-9-6-8-12(10-15)14(17)18-5-2/h11-12H,4-10H2,1-3H3/t11?,12-/m1/s1. The summed E-state index contributed by atoms with van der Waals surface area (Å²) in [7, 11) is 0. The maximum Gasteiger partial charge on any atom is 0.310 e. The van der Waals surface area contributed by atoms with Gasteiger partial charge in [0.1, 0.15) is 0 Å². The molecule has 104 valence electrons. The molecule has 4 heteroatoms. The minimum absolute atomic E-state index is 0.0657. The van der Waals surface area contributed by atoms with Crippen LogP contribution in [-0.4, -0.2) is 36.5 Å². The molecule has 0 bridgehead atoms. The van der Waals surface area contributed by atoms with Crippen molar-refractivity contribution in [2.75, 3.05) is 19.7 Å². The van der Waals surface area contributed by atoms with Gasteiger partial charge in [0.05, 0.1) is 12.5 Å². The van der Waals surface area contributed by atoms with Crippen LogP contribution in [0.2, 0.25) is 0 Å². The maximum atomic E-state index is 12.2. The number of likely N-dealkylation sites (tertiary alicyclic amines) is 1. The third kappa shape index (κ3) is 4.00. The number of nitrogens with zero attached hydrogens (tertiary/aromatic N) is 1. The number of rotatable bonds is 5. The molecular weight excluding hydrogens is 230 g/mol. The molecule has 1 heterocycles. The lowest BCUT2D eigenvalue weighted by molar-refractivity contribution is -0.151. The van der Waals surface area contributed by atoms with E-state index in [1.54, 1.807) is 0 Å². The van der Waals surface area contributed by atoms with Crippen LogP contribution in [0.4, 0.5) is 0 Å². The second-order valence-corrected chi connectivity index (χ2v) is 5.07. The SMILES string of the molecule is CCCC(C)C(=O)N1CCC[C@@H](C(=O)OCC)C1. The molecule has 0 radical (unpaired) electrons. The van der Waals surface area contributed by atoms with Crippen molar-refractivity contribution in [2.45, 2.75) is 46.5 Å². The molecule has 2 atom stereocenters. The minimum atomic E-state index is -0.154. The molecule has 1 fully saturated rings. The van der Waals surface area contributed by atoms with Gasteiger partial charge < -0.3 is 9.64 Å². The van der Waals surface area contributed by atoms with Gasteiger partial charge in [-0.1, -0.05) is 20.3 Å². The molecule has 0 spiro atoms. The molecule has 1 amide bonds. The molecule has 0 aromatic rings. The van der Waals surface area contributed by atoms with Crippen molar-refractivity contribution in [2.24, 2.45) is 11.8 Å². The molecule has 4 nitrogen and oxygen atoms in total. The quantitative estimate of drug-likeness (QED) is 0.708. The van der Waals surface area contributed by atoms with Gasteiger partial charge in [0.2, 0.25) is 5.91 Å². The smallest absolute Gasteiger partial charge is 0.310 e. The van der Waals surface area contributed by atoms with E-state index in [0.717, 1.165) is 32.2 Å². The molecule has 0 aromatic carbocycles. The van der Waals surface area contributed by atoms with Crippen LogP contribution in [0.3, 0.4) is 0 Å². The number of hydrogen-bond acceptors (Lipinski definition) is 3. The summed E-state index contributed by atoms with van der Waals surface area (Å²) < 4.78 is 5.04. The normalized spacial score (nSPS) is 21.5. The molecule has 1 aliphatic heterocycles. The van der Waals surface area contributed by atoms with E-state index in [1.807, 2.05) is 18.7 Å². The lowest BCUT2D eigenvalue weighted by Gasteiger charge is -2.33. The highest BCUT2D eigenvalue weighted by atomic mass is 16.5. The summed E-state index contributed by atoms with van der Waals surface area (Å²) in [5.74, 6) is -0.0311. The number of esters is 1. The Hall–Kier alpha value is -1.06. The van der Waals surface area contributed by atoms with E-state index in [4.69, 9.17) is 4.74 Å². The van der Waals surface area contributed by atoms with Gasteiger partial charge in [-0.05, 0) is 26.2 Å². The zero-order valence-corrected chi connectivity index (χ0v) is 11.8. The van der Waals surface area contributed by atoms with Crippen molar-refractivity contribution in [3.63, 3.8) is 0 Å². The predicted molar refractivity (Wildman–Crippen MR) is 70.0 cm³/mol. The Bertz CT molecular complexity index is 291. The Morgan fingerprint density at radius 3 is 2.72 bits per heavy atom. The van der Waals surface area contributed by atoms with Crippen molar-refractivity contribution < 1.29 is 14.3 Å². The Labute approximate surface area is 110 Å². The summed E-state index contributed by atoms with van der Waals surface area (Å²) in [6.45, 7) is 7.60. The van der Waals surface area contributed by atoms with E-state index in [2.05, 4.69) is 6.92 Å². The van der Waals surface area contributed by atoms with Crippen LogP contribution in [0, 0.1) is 11.8 Å². The van der Waals surface area contributed by atoms with Crippen molar-refractivity contribution in [1.82, 2.24) is 4.90 Å². The molecule has 0 aliphatic carbocycles. The second-order valence-electron chi connectivity index (χ2n) is 5.07. The first-order chi connectivity index (χ1) is 8.60. The molecule has 0 saturated carbocycles. The average Bonchev–Trinajstić information content (AvgIpc) is 2.38. The number of hydrogen-bond donors (Lipinski definition) is 0. The Morgan fingerprint density at radius 2 is 2.11 bits per heavy atom. The van der Waals surface area contributed by atoms with Gasteiger partial charge in [-0.25, -0.2) is 0 Å². The lowest BCUT2D eigenvalue weighted by atomic mass is 9.96. The average molecular weight is 255 g/mol. The minimum Gasteiger partial charge on any atom is -0.466 e. The van der Waals surface area contributed by atoms with Crippen LogP contribution in [0.5, 0.6) is 0 Å². The zero-order valence-electron chi connectivity index (χ0n) is 11.8. The van der Waals surface area contributed by atoms with Crippen LogP contribution < -0.4 is 0 Å². The van der Waals surface area contributed by atoms with Crippen LogP contribution >= 0.6 is 0 Å². The van der Waals surface area contributed by atoms with Crippen LogP contribution in [0.15, 0.2) is 0 Å². The Kier molecular flexibility index (Phi) is 6.16. The topological polar surface area (TPSA) is 46.6 Å². The first-order valence-corrected chi connectivity index (χ1v) is 7.05. The largest absolute Gasteiger partial charge is 0.466 e. The van der Waals surface area contributed by atoms with E-state index in [0.29, 0.717) is 13.2 Å². The summed E-state index contributed by atoms with van der Waals surface area (Å²) in [6.07, 6.45) is 3.67. The number of piperidine rings is 1. The molecular formula is C14H25NO3. The van der Waals surface area contributed by atoms with Gasteiger partial charge in [-0.2, -0.15) is 0 Å². The highest BCUT2D eigenvalue weighted by Gasteiger charge is 2.30. The molecule has 1 saturated heterocycles. The van der Waals surface area contributed by atoms with Gasteiger partial charge in [0.15, 0.2) is 0 Å². The third-order valence-electron chi connectivity index (χ3n) is 3.50. The summed E-state index contributed by atoms with van der Waals surface area (Å²) in [6, 6.07) is 0. The summed E-state index contributed by atoms with van der Waals surface area (Å²) in [5, 5.41) is 0. The van der Waals surface area contributed by atoms with E-state index < -0.39 is 0 Å². The summed E-state index contributed by atoms with van der Waals surface area (Å²) >= 11 is 0. The number of carbonyl (C=O) groups is 2. The molecule has 0 N–H and O–H groups in total. The lowest BCUT2D eigenvalue weighted by Crippen LogP contribution is -2.44. The van der Waals surface area contributed by atoms with Crippen molar-refractivity contribution in [3.8, 4) is 0 Å². The monoisotopic (exact) mass is 255 g/mol. The van der Waals surface area contributed by atoms with Crippen LogP contribution in [0.25, 0.3) is 0 Å². The van der Waals surface area contributed by atoms with Crippen molar-refractivity contribution in [3.05, 3.63) is 0 Å². The fourth-order valence-corrected chi connectivity index (χ4v) is 2.50. The van der Waals surface area contributed by atoms with Crippen molar-refractivity contribution in [1.29, 1.82) is 0 Å². The van der Waals surface area contributed by atoms with Crippen LogP contribution in [0.1, 0.15) is 46.5 Å². The van der Waals surface area contributed by atoms with Gasteiger partial charge in [-0.15, -0.1) is 0 Å². The Morgan fingerprint density at radius 1 is 1.39 bits per heavy atom. The second kappa shape index (κ2) is 7.39. The third-order valence-corrected chi connectivity index (χ3v) is 3.50. The van der Waals surface area contributed by atoms with E-state index in [1.165, 1.54) is 0 Å². The van der Waals surface area contributed by atoms with E-state index >= 15 is 0 Å². The first-order valence-electron chi connectivity index (χ1n) is 7.05. The maximum absolute atomic E-state index is 12.2. The van der Waals surface area contributed by atoms with Crippen LogP contribution in [-0.2, 0) is 14.3 Å². The number of amides is 1. The van der Waals surface area contributed by atoms with Gasteiger partial charge in [-0.3, -0.25) is 9.59 Å². The highest BCUT2D eigenvalue weighted by Crippen LogP contribution is 2.20. The van der Waals surface area contributed by atoms with Gasteiger partial charge in [0, 0.05) is 19.0 Å². The number of carbonyl (C=O) groups excluding carboxylic acids is 2. The summed E-state index contributed by atoms with van der Waals surface area (Å²) in [5.41, 5.74) is 0. The Balaban J connectivity index is 2.52. The first kappa shape index (κ1) is 15.0. The van der Waals surface area contributed by atoms with Gasteiger partial charge >= 0.3 is 5.97 Å². The fraction of sp³-hybridized carbons (Fsp3) is 0.857. The fourth-order valence-electron chi connectivity index (χ4n) is 2.50. The van der Waals surface area contributed by atoms with Crippen molar-refractivity contribution >= 4 is 11.9 Å². The molecule has 1 unspecified atom stereocenters. The number of ether oxygens (including phenoxy) is 1. The van der Waals surface area contributed by atoms with Gasteiger partial charge in [0.25, 0.3) is 0 Å². The molecule has 1 rings (SSSR count). The highest BCUT2D eigenvalue weighted by molar-refractivity contribution is 5.80. The molecule has 1 aliphatic rings. The van der Waals surface area contributed by atoms with E-state index in [9.17, 15) is 9.59 Å². The zero-order chi connectivity index (χ0) is 13.5. The summed E-state index contributed by atoms with van der Waals surface area (Å²) in [4.78, 5) is 25.7. The van der Waals surface area contributed by atoms with E-state index in [-0.39, 0.29) is 23.7 Å². The molecule has 18 heavy (non-hydrogen) atoms. The molecule has 0 aromatic heterocycles. The predicted octanol–water partition coefficient (Wildman–Crippen LogP) is 2.22.